The molecule has 24 heavy (non-hydrogen) atoms. The van der Waals surface area contributed by atoms with E-state index in [4.69, 9.17) is 4.74 Å². The van der Waals surface area contributed by atoms with Crippen molar-refractivity contribution in [1.82, 2.24) is 5.32 Å². The Kier molecular flexibility index (Phi) is 6.33. The van der Waals surface area contributed by atoms with Crippen LogP contribution in [0.15, 0.2) is 60.7 Å². The van der Waals surface area contributed by atoms with Gasteiger partial charge in [0.05, 0.1) is 18.8 Å². The summed E-state index contributed by atoms with van der Waals surface area (Å²) in [6.45, 7) is 6.94. The minimum atomic E-state index is -0.427. The highest BCUT2D eigenvalue weighted by Crippen LogP contribution is 2.08. The maximum Gasteiger partial charge on any atom is 0.244 e. The fourth-order valence-corrected chi connectivity index (χ4v) is 2.26. The quantitative estimate of drug-likeness (QED) is 0.778. The number of ether oxygens (including phenoxy) is 1. The van der Waals surface area contributed by atoms with Crippen LogP contribution in [0.4, 0.5) is 0 Å². The molecule has 0 unspecified atom stereocenters. The van der Waals surface area contributed by atoms with E-state index in [1.54, 1.807) is 6.08 Å². The van der Waals surface area contributed by atoms with Crippen molar-refractivity contribution in [3.8, 4) is 0 Å². The Balaban J connectivity index is 1.79. The summed E-state index contributed by atoms with van der Waals surface area (Å²) >= 11 is 0. The van der Waals surface area contributed by atoms with Crippen LogP contribution in [0.3, 0.4) is 0 Å². The number of rotatable bonds is 7. The van der Waals surface area contributed by atoms with Gasteiger partial charge in [0, 0.05) is 6.08 Å². The molecule has 3 nitrogen and oxygen atoms in total. The molecule has 0 atom stereocenters. The van der Waals surface area contributed by atoms with Gasteiger partial charge in [-0.1, -0.05) is 60.2 Å². The molecule has 0 bridgehead atoms. The zero-order chi connectivity index (χ0) is 17.4. The molecule has 0 aliphatic rings. The summed E-state index contributed by atoms with van der Waals surface area (Å²) in [6, 6.07) is 18.0. The Hall–Kier alpha value is -2.39. The van der Waals surface area contributed by atoms with Crippen molar-refractivity contribution in [2.75, 3.05) is 6.61 Å². The number of nitrogens with one attached hydrogen (secondary N) is 1. The molecule has 0 fully saturated rings. The fourth-order valence-electron chi connectivity index (χ4n) is 2.26. The van der Waals surface area contributed by atoms with Crippen molar-refractivity contribution in [2.24, 2.45) is 0 Å². The third kappa shape index (κ3) is 6.39. The summed E-state index contributed by atoms with van der Waals surface area (Å²) in [5.41, 5.74) is 2.91. The number of amides is 1. The van der Waals surface area contributed by atoms with Gasteiger partial charge >= 0.3 is 0 Å². The van der Waals surface area contributed by atoms with E-state index in [2.05, 4.69) is 5.32 Å². The molecule has 2 aromatic carbocycles. The first-order chi connectivity index (χ1) is 11.4. The van der Waals surface area contributed by atoms with E-state index < -0.39 is 5.54 Å². The lowest BCUT2D eigenvalue weighted by Gasteiger charge is -2.25. The summed E-state index contributed by atoms with van der Waals surface area (Å²) in [7, 11) is 0. The third-order valence-electron chi connectivity index (χ3n) is 3.54. The molecule has 0 aliphatic carbocycles. The predicted octanol–water partition coefficient (Wildman–Crippen LogP) is 4.12. The summed E-state index contributed by atoms with van der Waals surface area (Å²) in [6.07, 6.45) is 3.37. The van der Waals surface area contributed by atoms with Gasteiger partial charge in [-0.2, -0.15) is 0 Å². The minimum Gasteiger partial charge on any atom is -0.374 e. The summed E-state index contributed by atoms with van der Waals surface area (Å²) in [5, 5.41) is 2.97. The van der Waals surface area contributed by atoms with Gasteiger partial charge < -0.3 is 10.1 Å². The van der Waals surface area contributed by atoms with Crippen molar-refractivity contribution in [3.05, 3.63) is 77.4 Å². The van der Waals surface area contributed by atoms with Crippen LogP contribution in [0, 0.1) is 6.92 Å². The van der Waals surface area contributed by atoms with E-state index in [9.17, 15) is 4.79 Å². The van der Waals surface area contributed by atoms with Gasteiger partial charge in [-0.25, -0.2) is 0 Å². The average Bonchev–Trinajstić information content (AvgIpc) is 2.55. The molecule has 0 saturated carbocycles. The van der Waals surface area contributed by atoms with Crippen LogP contribution in [-0.4, -0.2) is 18.1 Å². The second-order valence-corrected chi connectivity index (χ2v) is 6.60. The number of aryl methyl sites for hydroxylation is 1. The van der Waals surface area contributed by atoms with Crippen LogP contribution < -0.4 is 5.32 Å². The zero-order valence-electron chi connectivity index (χ0n) is 14.6. The van der Waals surface area contributed by atoms with E-state index in [0.29, 0.717) is 13.2 Å². The summed E-state index contributed by atoms with van der Waals surface area (Å²) in [4.78, 5) is 12.1. The lowest BCUT2D eigenvalue weighted by atomic mass is 10.1. The number of benzene rings is 2. The molecule has 1 amide bonds. The van der Waals surface area contributed by atoms with Gasteiger partial charge in [-0.3, -0.25) is 4.79 Å². The van der Waals surface area contributed by atoms with Crippen molar-refractivity contribution in [2.45, 2.75) is 32.9 Å². The van der Waals surface area contributed by atoms with Crippen molar-refractivity contribution in [3.63, 3.8) is 0 Å². The Morgan fingerprint density at radius 2 is 1.75 bits per heavy atom. The molecule has 0 saturated heterocycles. The van der Waals surface area contributed by atoms with Gasteiger partial charge in [0.1, 0.15) is 0 Å². The minimum absolute atomic E-state index is 0.121. The molecule has 2 aromatic rings. The first-order valence-electron chi connectivity index (χ1n) is 8.13. The van der Waals surface area contributed by atoms with Crippen molar-refractivity contribution < 1.29 is 9.53 Å². The highest BCUT2D eigenvalue weighted by molar-refractivity contribution is 5.92. The maximum absolute atomic E-state index is 12.1. The Morgan fingerprint density at radius 1 is 1.08 bits per heavy atom. The normalized spacial score (nSPS) is 11.6. The molecule has 0 aliphatic heterocycles. The lowest BCUT2D eigenvalue weighted by Crippen LogP contribution is -2.46. The Bertz CT molecular complexity index is 673. The second-order valence-electron chi connectivity index (χ2n) is 6.60. The summed E-state index contributed by atoms with van der Waals surface area (Å²) < 4.78 is 5.72. The van der Waals surface area contributed by atoms with E-state index in [1.165, 1.54) is 5.56 Å². The van der Waals surface area contributed by atoms with E-state index in [-0.39, 0.29) is 5.91 Å². The predicted molar refractivity (Wildman–Crippen MR) is 98.5 cm³/mol. The standard InChI is InChI=1S/C21H25NO2/c1-17-9-11-18(12-10-17)13-14-20(23)22-21(2,3)16-24-15-19-7-5-4-6-8-19/h4-14H,15-16H2,1-3H3,(H,22,23)/b14-13+. The molecule has 0 aromatic heterocycles. The largest absolute Gasteiger partial charge is 0.374 e. The van der Waals surface area contributed by atoms with Crippen LogP contribution in [0.1, 0.15) is 30.5 Å². The van der Waals surface area contributed by atoms with Gasteiger partial charge in [-0.15, -0.1) is 0 Å². The molecule has 3 heteroatoms. The van der Waals surface area contributed by atoms with Crippen LogP contribution in [0.5, 0.6) is 0 Å². The molecule has 0 spiro atoms. The highest BCUT2D eigenvalue weighted by atomic mass is 16.5. The van der Waals surface area contributed by atoms with E-state index in [0.717, 1.165) is 11.1 Å². The Labute approximate surface area is 144 Å². The zero-order valence-corrected chi connectivity index (χ0v) is 14.6. The number of hydrogen-bond donors (Lipinski definition) is 1. The third-order valence-corrected chi connectivity index (χ3v) is 3.54. The number of carbonyl (C=O) groups excluding carboxylic acids is 1. The van der Waals surface area contributed by atoms with Crippen LogP contribution in [-0.2, 0) is 16.1 Å². The van der Waals surface area contributed by atoms with Crippen molar-refractivity contribution >= 4 is 12.0 Å². The number of hydrogen-bond acceptors (Lipinski definition) is 2. The first kappa shape index (κ1) is 18.0. The second kappa shape index (κ2) is 8.46. The van der Waals surface area contributed by atoms with Gasteiger partial charge in [-0.05, 0) is 38.0 Å². The summed E-state index contributed by atoms with van der Waals surface area (Å²) in [5.74, 6) is -0.121. The molecule has 126 valence electrons. The lowest BCUT2D eigenvalue weighted by molar-refractivity contribution is -0.118. The molecule has 2 rings (SSSR count). The average molecular weight is 323 g/mol. The maximum atomic E-state index is 12.1. The monoisotopic (exact) mass is 323 g/mol. The van der Waals surface area contributed by atoms with E-state index in [1.807, 2.05) is 81.4 Å². The molecular weight excluding hydrogens is 298 g/mol. The molecule has 0 radical (unpaired) electrons. The highest BCUT2D eigenvalue weighted by Gasteiger charge is 2.19. The topological polar surface area (TPSA) is 38.3 Å². The van der Waals surface area contributed by atoms with Gasteiger partial charge in [0.2, 0.25) is 5.91 Å². The molecule has 1 N–H and O–H groups in total. The Morgan fingerprint density at radius 3 is 2.42 bits per heavy atom. The van der Waals surface area contributed by atoms with Crippen LogP contribution in [0.25, 0.3) is 6.08 Å². The van der Waals surface area contributed by atoms with Gasteiger partial charge in [0.15, 0.2) is 0 Å². The first-order valence-corrected chi connectivity index (χ1v) is 8.13. The molecule has 0 heterocycles. The molecular formula is C21H25NO2. The SMILES string of the molecule is Cc1ccc(/C=C/C(=O)NC(C)(C)COCc2ccccc2)cc1. The smallest absolute Gasteiger partial charge is 0.244 e. The van der Waals surface area contributed by atoms with Gasteiger partial charge in [0.25, 0.3) is 0 Å². The fraction of sp³-hybridized carbons (Fsp3) is 0.286. The van der Waals surface area contributed by atoms with E-state index >= 15 is 0 Å². The number of carbonyl (C=O) groups is 1. The van der Waals surface area contributed by atoms with Crippen LogP contribution in [0.2, 0.25) is 0 Å². The van der Waals surface area contributed by atoms with Crippen LogP contribution >= 0.6 is 0 Å². The van der Waals surface area contributed by atoms with Crippen molar-refractivity contribution in [1.29, 1.82) is 0 Å².